The molecule has 2 saturated heterocycles. The third-order valence-electron chi connectivity index (χ3n) is 6.78. The van der Waals surface area contributed by atoms with Gasteiger partial charge in [0.25, 0.3) is 0 Å². The predicted octanol–water partition coefficient (Wildman–Crippen LogP) is 5.40. The Labute approximate surface area is 202 Å². The maximum absolute atomic E-state index is 14.3. The Kier molecular flexibility index (Phi) is 5.78. The summed E-state index contributed by atoms with van der Waals surface area (Å²) in [6, 6.07) is 10.6. The van der Waals surface area contributed by atoms with Crippen molar-refractivity contribution in [2.24, 2.45) is 11.8 Å². The van der Waals surface area contributed by atoms with E-state index < -0.39 is 23.9 Å². The summed E-state index contributed by atoms with van der Waals surface area (Å²) >= 11 is 0. The topological polar surface area (TPSA) is 50.1 Å². The number of halogens is 3. The Morgan fingerprint density at radius 2 is 1.66 bits per heavy atom. The largest absolute Gasteiger partial charge is 0.444 e. The molecule has 2 aromatic heterocycles. The van der Waals surface area contributed by atoms with E-state index in [0.717, 1.165) is 16.9 Å². The number of carbonyl (C=O) groups excluding carboxylic acids is 1. The minimum Gasteiger partial charge on any atom is -0.444 e. The molecule has 4 heterocycles. The molecule has 3 atom stereocenters. The molecule has 5 rings (SSSR count). The fourth-order valence-corrected chi connectivity index (χ4v) is 5.30. The molecule has 0 aliphatic carbocycles. The Morgan fingerprint density at radius 3 is 2.26 bits per heavy atom. The van der Waals surface area contributed by atoms with Crippen LogP contribution in [0, 0.1) is 11.8 Å². The van der Waals surface area contributed by atoms with E-state index in [1.807, 2.05) is 28.8 Å². The minimum atomic E-state index is -4.41. The van der Waals surface area contributed by atoms with Crippen LogP contribution in [-0.2, 0) is 4.74 Å². The van der Waals surface area contributed by atoms with Gasteiger partial charge in [0.1, 0.15) is 17.3 Å². The number of rotatable bonds is 3. The monoisotopic (exact) mass is 486 g/mol. The van der Waals surface area contributed by atoms with E-state index in [9.17, 15) is 18.0 Å². The zero-order chi connectivity index (χ0) is 25.0. The van der Waals surface area contributed by atoms with Crippen molar-refractivity contribution < 1.29 is 22.7 Å². The molecule has 1 amide bonds. The van der Waals surface area contributed by atoms with Gasteiger partial charge in [-0.3, -0.25) is 9.30 Å². The van der Waals surface area contributed by atoms with Crippen molar-refractivity contribution in [3.63, 3.8) is 0 Å². The van der Waals surface area contributed by atoms with Crippen LogP contribution in [0.25, 0.3) is 16.9 Å². The molecule has 0 radical (unpaired) electrons. The van der Waals surface area contributed by atoms with Crippen molar-refractivity contribution in [3.05, 3.63) is 60.4 Å². The van der Waals surface area contributed by atoms with Crippen LogP contribution in [0.3, 0.4) is 0 Å². The maximum atomic E-state index is 14.3. The number of alkyl halides is 3. The first-order chi connectivity index (χ1) is 16.5. The smallest absolute Gasteiger partial charge is 0.410 e. The van der Waals surface area contributed by atoms with E-state index in [0.29, 0.717) is 26.2 Å². The van der Waals surface area contributed by atoms with E-state index in [2.05, 4.69) is 4.98 Å². The van der Waals surface area contributed by atoms with Gasteiger partial charge in [0.2, 0.25) is 0 Å². The van der Waals surface area contributed by atoms with Gasteiger partial charge >= 0.3 is 12.3 Å². The van der Waals surface area contributed by atoms with Gasteiger partial charge in [-0.15, -0.1) is 0 Å². The molecule has 2 fully saturated rings. The average molecular weight is 487 g/mol. The van der Waals surface area contributed by atoms with Gasteiger partial charge in [0.15, 0.2) is 0 Å². The number of benzene rings is 1. The molecule has 3 aromatic rings. The Bertz CT molecular complexity index is 1200. The highest BCUT2D eigenvalue weighted by Gasteiger charge is 2.51. The zero-order valence-electron chi connectivity index (χ0n) is 20.0. The van der Waals surface area contributed by atoms with Crippen molar-refractivity contribution in [2.45, 2.75) is 38.6 Å². The first-order valence-corrected chi connectivity index (χ1v) is 11.8. The molecular weight excluding hydrogens is 457 g/mol. The molecule has 1 aromatic carbocycles. The number of imidazole rings is 1. The molecule has 0 saturated carbocycles. The van der Waals surface area contributed by atoms with Gasteiger partial charge in [-0.1, -0.05) is 30.3 Å². The third-order valence-corrected chi connectivity index (χ3v) is 6.78. The minimum absolute atomic E-state index is 0.00444. The van der Waals surface area contributed by atoms with Crippen LogP contribution < -0.4 is 0 Å². The molecule has 9 heteroatoms. The van der Waals surface area contributed by atoms with E-state index >= 15 is 0 Å². The van der Waals surface area contributed by atoms with Crippen LogP contribution >= 0.6 is 0 Å². The summed E-state index contributed by atoms with van der Waals surface area (Å²) in [7, 11) is 0. The Balaban J connectivity index is 1.32. The lowest BCUT2D eigenvalue weighted by Gasteiger charge is -2.32. The van der Waals surface area contributed by atoms with Crippen molar-refractivity contribution in [2.75, 3.05) is 26.2 Å². The number of amides is 1. The summed E-state index contributed by atoms with van der Waals surface area (Å²) < 4.78 is 50.2. The van der Waals surface area contributed by atoms with Crippen molar-refractivity contribution in [1.82, 2.24) is 19.2 Å². The highest BCUT2D eigenvalue weighted by molar-refractivity contribution is 5.68. The Hall–Kier alpha value is -3.07. The number of carbonyl (C=O) groups is 1. The van der Waals surface area contributed by atoms with Gasteiger partial charge in [-0.2, -0.15) is 13.2 Å². The number of pyridine rings is 1. The lowest BCUT2D eigenvalue weighted by molar-refractivity contribution is -0.184. The van der Waals surface area contributed by atoms with Crippen LogP contribution in [-0.4, -0.2) is 63.2 Å². The predicted molar refractivity (Wildman–Crippen MR) is 126 cm³/mol. The molecule has 35 heavy (non-hydrogen) atoms. The molecule has 0 spiro atoms. The van der Waals surface area contributed by atoms with Crippen molar-refractivity contribution in [1.29, 1.82) is 0 Å². The molecule has 6 nitrogen and oxygen atoms in total. The lowest BCUT2D eigenvalue weighted by atomic mass is 10.0. The second-order valence-electron chi connectivity index (χ2n) is 10.5. The van der Waals surface area contributed by atoms with Crippen LogP contribution in [0.2, 0.25) is 0 Å². The summed E-state index contributed by atoms with van der Waals surface area (Å²) in [5.74, 6) is 0.00889. The number of nitrogens with zero attached hydrogens (tertiary/aromatic N) is 4. The number of aromatic nitrogens is 2. The van der Waals surface area contributed by atoms with Gasteiger partial charge in [-0.25, -0.2) is 9.78 Å². The standard InChI is InChI=1S/C26H29F3N4O2/c1-25(2,3)35-24(34)32-15-19-13-31(14-20(19)16-32)23(26(27,28)29)18-9-7-17(8-10-18)21-12-30-22-6-4-5-11-33(21)22/h4-12,19-20,23H,13-16H2,1-3H3. The quantitative estimate of drug-likeness (QED) is 0.497. The van der Waals surface area contributed by atoms with E-state index in [4.69, 9.17) is 4.74 Å². The first-order valence-electron chi connectivity index (χ1n) is 11.8. The van der Waals surface area contributed by atoms with Gasteiger partial charge in [-0.05, 0) is 50.3 Å². The second-order valence-corrected chi connectivity index (χ2v) is 10.5. The highest BCUT2D eigenvalue weighted by atomic mass is 19.4. The summed E-state index contributed by atoms with van der Waals surface area (Å²) in [4.78, 5) is 19.9. The number of fused-ring (bicyclic) bond motifs is 2. The van der Waals surface area contributed by atoms with Gasteiger partial charge in [0.05, 0.1) is 11.9 Å². The van der Waals surface area contributed by atoms with E-state index in [1.165, 1.54) is 4.90 Å². The normalized spacial score (nSPS) is 21.9. The summed E-state index contributed by atoms with van der Waals surface area (Å²) in [5, 5.41) is 0. The highest BCUT2D eigenvalue weighted by Crippen LogP contribution is 2.43. The number of hydrogen-bond donors (Lipinski definition) is 0. The summed E-state index contributed by atoms with van der Waals surface area (Å²) in [5.41, 5.74) is 2.04. The molecule has 2 aliphatic heterocycles. The number of ether oxygens (including phenoxy) is 1. The fourth-order valence-electron chi connectivity index (χ4n) is 5.30. The first kappa shape index (κ1) is 23.7. The lowest BCUT2D eigenvalue weighted by Crippen LogP contribution is -2.41. The Morgan fingerprint density at radius 1 is 1.00 bits per heavy atom. The zero-order valence-corrected chi connectivity index (χ0v) is 20.0. The van der Waals surface area contributed by atoms with E-state index in [-0.39, 0.29) is 17.4 Å². The van der Waals surface area contributed by atoms with Crippen LogP contribution in [0.15, 0.2) is 54.9 Å². The van der Waals surface area contributed by atoms with Crippen LogP contribution in [0.5, 0.6) is 0 Å². The number of hydrogen-bond acceptors (Lipinski definition) is 4. The van der Waals surface area contributed by atoms with E-state index in [1.54, 1.807) is 56.1 Å². The van der Waals surface area contributed by atoms with Gasteiger partial charge in [0, 0.05) is 37.9 Å². The summed E-state index contributed by atoms with van der Waals surface area (Å²) in [6.45, 7) is 6.85. The molecule has 3 unspecified atom stereocenters. The third kappa shape index (κ3) is 4.74. The fraction of sp³-hybridized carbons (Fsp3) is 0.462. The second kappa shape index (κ2) is 8.55. The van der Waals surface area contributed by atoms with Crippen molar-refractivity contribution >= 4 is 11.7 Å². The summed E-state index contributed by atoms with van der Waals surface area (Å²) in [6.07, 6.45) is -1.19. The number of likely N-dealkylation sites (tertiary alicyclic amines) is 2. The van der Waals surface area contributed by atoms with Crippen molar-refractivity contribution in [3.8, 4) is 11.3 Å². The van der Waals surface area contributed by atoms with Crippen LogP contribution in [0.1, 0.15) is 32.4 Å². The average Bonchev–Trinajstić information content (AvgIpc) is 3.45. The molecule has 2 aliphatic rings. The van der Waals surface area contributed by atoms with Crippen LogP contribution in [0.4, 0.5) is 18.0 Å². The molecule has 0 bridgehead atoms. The molecule has 0 N–H and O–H groups in total. The van der Waals surface area contributed by atoms with Gasteiger partial charge < -0.3 is 9.64 Å². The maximum Gasteiger partial charge on any atom is 0.410 e. The SMILES string of the molecule is CC(C)(C)OC(=O)N1CC2CN(C(c3ccc(-c4cnc5ccccn45)cc3)C(F)(F)F)CC2C1. The molecule has 186 valence electrons. The molecular formula is C26H29F3N4O2.